The molecule has 8 nitrogen and oxygen atoms in total. The van der Waals surface area contributed by atoms with Crippen molar-refractivity contribution in [1.82, 2.24) is 10.2 Å². The molecule has 4 aromatic rings. The Morgan fingerprint density at radius 2 is 1.57 bits per heavy atom. The SMILES string of the molecule is CCCNC(=O)C(Cc1ccccc1)N(Cc1ccc(Br)cc1)C(=O)CN(c1ccc(C)cc1)S(=O)(=O)c1ccc(OC)c(Br)c1. The lowest BCUT2D eigenvalue weighted by Gasteiger charge is -2.34. The molecule has 0 fully saturated rings. The summed E-state index contributed by atoms with van der Waals surface area (Å²) >= 11 is 6.85. The highest BCUT2D eigenvalue weighted by molar-refractivity contribution is 9.10. The summed E-state index contributed by atoms with van der Waals surface area (Å²) in [4.78, 5) is 29.7. The van der Waals surface area contributed by atoms with Gasteiger partial charge in [-0.2, -0.15) is 0 Å². The highest BCUT2D eigenvalue weighted by Gasteiger charge is 2.34. The first-order valence-corrected chi connectivity index (χ1v) is 17.8. The van der Waals surface area contributed by atoms with Crippen LogP contribution in [0.5, 0.6) is 5.75 Å². The number of amides is 2. The van der Waals surface area contributed by atoms with Crippen LogP contribution in [0.15, 0.2) is 111 Å². The Labute approximate surface area is 288 Å². The van der Waals surface area contributed by atoms with Gasteiger partial charge in [-0.25, -0.2) is 8.42 Å². The maximum atomic E-state index is 14.5. The molecule has 0 aliphatic carbocycles. The van der Waals surface area contributed by atoms with Gasteiger partial charge in [0.15, 0.2) is 0 Å². The van der Waals surface area contributed by atoms with Crippen LogP contribution < -0.4 is 14.4 Å². The molecule has 0 heterocycles. The maximum absolute atomic E-state index is 14.5. The molecule has 2 amide bonds. The second kappa shape index (κ2) is 16.2. The fraction of sp³-hybridized carbons (Fsp3) is 0.257. The van der Waals surface area contributed by atoms with Crippen molar-refractivity contribution in [1.29, 1.82) is 0 Å². The van der Waals surface area contributed by atoms with E-state index in [0.29, 0.717) is 22.5 Å². The summed E-state index contributed by atoms with van der Waals surface area (Å²) in [7, 11) is -2.75. The van der Waals surface area contributed by atoms with Crippen LogP contribution in [-0.4, -0.2) is 51.4 Å². The van der Waals surface area contributed by atoms with E-state index in [0.717, 1.165) is 31.9 Å². The zero-order chi connectivity index (χ0) is 33.3. The fourth-order valence-corrected chi connectivity index (χ4v) is 7.28. The monoisotopic (exact) mass is 769 g/mol. The zero-order valence-corrected chi connectivity index (χ0v) is 29.9. The molecule has 0 aliphatic heterocycles. The van der Waals surface area contributed by atoms with Crippen LogP contribution in [0.4, 0.5) is 5.69 Å². The van der Waals surface area contributed by atoms with Crippen LogP contribution in [0.3, 0.4) is 0 Å². The molecule has 11 heteroatoms. The molecule has 1 atom stereocenters. The standard InChI is InChI=1S/C35H37Br2N3O5S/c1-4-20-38-35(42)32(21-26-8-6-5-7-9-26)39(23-27-12-14-28(36)15-13-27)34(41)24-40(29-16-10-25(2)11-17-29)46(43,44)30-18-19-33(45-3)31(37)22-30/h5-19,22,32H,4,20-21,23-24H2,1-3H3,(H,38,42). The van der Waals surface area contributed by atoms with Crippen LogP contribution >= 0.6 is 31.9 Å². The zero-order valence-electron chi connectivity index (χ0n) is 26.0. The number of ether oxygens (including phenoxy) is 1. The molecule has 0 saturated heterocycles. The summed E-state index contributed by atoms with van der Waals surface area (Å²) < 4.78 is 36.3. The lowest BCUT2D eigenvalue weighted by atomic mass is 10.0. The molecule has 4 aromatic carbocycles. The lowest BCUT2D eigenvalue weighted by Crippen LogP contribution is -2.53. The highest BCUT2D eigenvalue weighted by atomic mass is 79.9. The van der Waals surface area contributed by atoms with Gasteiger partial charge in [0.25, 0.3) is 10.0 Å². The Balaban J connectivity index is 1.80. The quantitative estimate of drug-likeness (QED) is 0.151. The Kier molecular flexibility index (Phi) is 12.4. The molecule has 0 aromatic heterocycles. The topological polar surface area (TPSA) is 96.0 Å². The first-order valence-electron chi connectivity index (χ1n) is 14.8. The van der Waals surface area contributed by atoms with Gasteiger partial charge in [0.05, 0.1) is 22.2 Å². The van der Waals surface area contributed by atoms with Gasteiger partial charge in [0.1, 0.15) is 18.3 Å². The smallest absolute Gasteiger partial charge is 0.264 e. The molecule has 1 N–H and O–H groups in total. The molecule has 1 unspecified atom stereocenters. The number of benzene rings is 4. The van der Waals surface area contributed by atoms with E-state index in [1.807, 2.05) is 68.4 Å². The highest BCUT2D eigenvalue weighted by Crippen LogP contribution is 2.31. The number of sulfonamides is 1. The second-order valence-electron chi connectivity index (χ2n) is 10.8. The predicted octanol–water partition coefficient (Wildman–Crippen LogP) is 6.89. The summed E-state index contributed by atoms with van der Waals surface area (Å²) in [6.07, 6.45) is 0.975. The molecular formula is C35H37Br2N3O5S. The Hall–Kier alpha value is -3.67. The van der Waals surface area contributed by atoms with Gasteiger partial charge in [-0.05, 0) is 82.9 Å². The molecule has 4 rings (SSSR count). The van der Waals surface area contributed by atoms with Gasteiger partial charge in [-0.15, -0.1) is 0 Å². The van der Waals surface area contributed by atoms with Gasteiger partial charge < -0.3 is 15.0 Å². The van der Waals surface area contributed by atoms with E-state index >= 15 is 0 Å². The van der Waals surface area contributed by atoms with Crippen molar-refractivity contribution in [3.05, 3.63) is 123 Å². The van der Waals surface area contributed by atoms with Crippen molar-refractivity contribution >= 4 is 59.4 Å². The molecule has 0 spiro atoms. The maximum Gasteiger partial charge on any atom is 0.264 e. The number of carbonyl (C=O) groups excluding carboxylic acids is 2. The van der Waals surface area contributed by atoms with Gasteiger partial charge in [0, 0.05) is 24.0 Å². The number of carbonyl (C=O) groups is 2. The fourth-order valence-electron chi connectivity index (χ4n) is 4.88. The van der Waals surface area contributed by atoms with Crippen molar-refractivity contribution in [2.45, 2.75) is 44.2 Å². The summed E-state index contributed by atoms with van der Waals surface area (Å²) in [5.74, 6) is -0.355. The number of anilines is 1. The third kappa shape index (κ3) is 8.98. The van der Waals surface area contributed by atoms with Gasteiger partial charge in [0.2, 0.25) is 11.8 Å². The minimum Gasteiger partial charge on any atom is -0.496 e. The van der Waals surface area contributed by atoms with Crippen molar-refractivity contribution < 1.29 is 22.7 Å². The number of nitrogens with zero attached hydrogens (tertiary/aromatic N) is 2. The Morgan fingerprint density at radius 1 is 0.891 bits per heavy atom. The van der Waals surface area contributed by atoms with Crippen LogP contribution in [0.25, 0.3) is 0 Å². The van der Waals surface area contributed by atoms with E-state index in [9.17, 15) is 18.0 Å². The number of rotatable bonds is 14. The summed E-state index contributed by atoms with van der Waals surface area (Å²) in [6, 6.07) is 27.4. The van der Waals surface area contributed by atoms with Crippen LogP contribution in [0.2, 0.25) is 0 Å². The molecule has 0 radical (unpaired) electrons. The average molecular weight is 772 g/mol. The summed E-state index contributed by atoms with van der Waals surface area (Å²) in [5.41, 5.74) is 2.93. The number of halogens is 2. The average Bonchev–Trinajstić information content (AvgIpc) is 3.05. The van der Waals surface area contributed by atoms with Gasteiger partial charge in [-0.3, -0.25) is 13.9 Å². The van der Waals surface area contributed by atoms with E-state index in [-0.39, 0.29) is 23.8 Å². The number of hydrogen-bond acceptors (Lipinski definition) is 5. The molecule has 0 saturated carbocycles. The lowest BCUT2D eigenvalue weighted by molar-refractivity contribution is -0.140. The summed E-state index contributed by atoms with van der Waals surface area (Å²) in [6.45, 7) is 3.87. The molecule has 0 bridgehead atoms. The number of nitrogens with one attached hydrogen (secondary N) is 1. The van der Waals surface area contributed by atoms with Crippen LogP contribution in [0.1, 0.15) is 30.0 Å². The Bertz CT molecular complexity index is 1730. The number of methoxy groups -OCH3 is 1. The van der Waals surface area contributed by atoms with E-state index in [1.54, 1.807) is 30.3 Å². The van der Waals surface area contributed by atoms with Crippen molar-refractivity contribution in [2.24, 2.45) is 0 Å². The van der Waals surface area contributed by atoms with Crippen molar-refractivity contribution in [3.8, 4) is 5.75 Å². The third-order valence-corrected chi connectivity index (χ3v) is 10.3. The summed E-state index contributed by atoms with van der Waals surface area (Å²) in [5, 5.41) is 2.96. The number of hydrogen-bond donors (Lipinski definition) is 1. The van der Waals surface area contributed by atoms with E-state index in [2.05, 4.69) is 37.2 Å². The molecular weight excluding hydrogens is 734 g/mol. The van der Waals surface area contributed by atoms with Gasteiger partial charge in [-0.1, -0.05) is 83.0 Å². The van der Waals surface area contributed by atoms with Gasteiger partial charge >= 0.3 is 0 Å². The third-order valence-electron chi connectivity index (χ3n) is 7.40. The van der Waals surface area contributed by atoms with E-state index < -0.39 is 28.5 Å². The number of aryl methyl sites for hydroxylation is 1. The predicted molar refractivity (Wildman–Crippen MR) is 188 cm³/mol. The molecule has 46 heavy (non-hydrogen) atoms. The molecule has 242 valence electrons. The minimum atomic E-state index is -4.25. The minimum absolute atomic E-state index is 0.0190. The van der Waals surface area contributed by atoms with Crippen molar-refractivity contribution in [2.75, 3.05) is 24.5 Å². The second-order valence-corrected chi connectivity index (χ2v) is 14.4. The largest absolute Gasteiger partial charge is 0.496 e. The van der Waals surface area contributed by atoms with Crippen LogP contribution in [0, 0.1) is 6.92 Å². The Morgan fingerprint density at radius 3 is 2.17 bits per heavy atom. The van der Waals surface area contributed by atoms with Crippen LogP contribution in [-0.2, 0) is 32.6 Å². The first-order chi connectivity index (χ1) is 22.0. The van der Waals surface area contributed by atoms with E-state index in [1.165, 1.54) is 24.1 Å². The van der Waals surface area contributed by atoms with E-state index in [4.69, 9.17) is 4.74 Å². The first kappa shape index (κ1) is 35.2. The normalized spacial score (nSPS) is 11.8. The van der Waals surface area contributed by atoms with Crippen molar-refractivity contribution in [3.63, 3.8) is 0 Å². The molecule has 0 aliphatic rings.